The van der Waals surface area contributed by atoms with Crippen molar-refractivity contribution in [3.8, 4) is 0 Å². The summed E-state index contributed by atoms with van der Waals surface area (Å²) in [5.41, 5.74) is 5.10. The Morgan fingerprint density at radius 3 is 2.73 bits per heavy atom. The summed E-state index contributed by atoms with van der Waals surface area (Å²) >= 11 is 0. The van der Waals surface area contributed by atoms with Gasteiger partial charge in [-0.15, -0.1) is 0 Å². The topological polar surface area (TPSA) is 85.1 Å². The van der Waals surface area contributed by atoms with E-state index in [-0.39, 0.29) is 4.90 Å². The Kier molecular flexibility index (Phi) is 2.49. The van der Waals surface area contributed by atoms with Crippen LogP contribution in [0.4, 0.5) is 0 Å². The quantitative estimate of drug-likeness (QED) is 0.749. The number of hydrogen-bond acceptors (Lipinski definition) is 4. The van der Waals surface area contributed by atoms with Crippen LogP contribution in [-0.2, 0) is 10.0 Å². The van der Waals surface area contributed by atoms with Gasteiger partial charge in [0.15, 0.2) is 0 Å². The van der Waals surface area contributed by atoms with E-state index in [0.717, 1.165) is 12.8 Å². The van der Waals surface area contributed by atoms with Crippen LogP contribution in [0.1, 0.15) is 12.8 Å². The number of aromatic nitrogens is 1. The predicted molar refractivity (Wildman–Crippen MR) is 55.6 cm³/mol. The molecule has 0 aliphatic heterocycles. The lowest BCUT2D eigenvalue weighted by Crippen LogP contribution is -2.42. The van der Waals surface area contributed by atoms with Crippen molar-refractivity contribution < 1.29 is 8.42 Å². The van der Waals surface area contributed by atoms with Crippen LogP contribution in [0.15, 0.2) is 29.4 Å². The van der Waals surface area contributed by atoms with Crippen LogP contribution in [0.5, 0.6) is 0 Å². The number of nitrogens with two attached hydrogens (primary N) is 1. The molecule has 0 amide bonds. The summed E-state index contributed by atoms with van der Waals surface area (Å²) in [6.07, 6.45) is 4.48. The Hall–Kier alpha value is -0.980. The van der Waals surface area contributed by atoms with E-state index in [1.54, 1.807) is 6.07 Å². The molecule has 1 aliphatic carbocycles. The van der Waals surface area contributed by atoms with Crippen molar-refractivity contribution in [2.45, 2.75) is 23.3 Å². The maximum absolute atomic E-state index is 11.8. The second-order valence-corrected chi connectivity index (χ2v) is 5.46. The lowest BCUT2D eigenvalue weighted by molar-refractivity contribution is 0.544. The molecule has 82 valence electrons. The minimum Gasteiger partial charge on any atom is -0.329 e. The minimum atomic E-state index is -3.46. The van der Waals surface area contributed by atoms with Crippen LogP contribution in [0.2, 0.25) is 0 Å². The molecule has 1 aliphatic rings. The van der Waals surface area contributed by atoms with E-state index in [2.05, 4.69) is 9.71 Å². The lowest BCUT2D eigenvalue weighted by atomic mass is 10.3. The number of pyridine rings is 1. The number of rotatable bonds is 4. The third kappa shape index (κ3) is 2.17. The first kappa shape index (κ1) is 10.5. The molecule has 15 heavy (non-hydrogen) atoms. The molecule has 2 rings (SSSR count). The van der Waals surface area contributed by atoms with Crippen molar-refractivity contribution in [3.05, 3.63) is 24.5 Å². The van der Waals surface area contributed by atoms with Gasteiger partial charge in [-0.3, -0.25) is 4.98 Å². The molecule has 0 unspecified atom stereocenters. The van der Waals surface area contributed by atoms with E-state index in [9.17, 15) is 8.42 Å². The van der Waals surface area contributed by atoms with E-state index in [4.69, 9.17) is 5.73 Å². The van der Waals surface area contributed by atoms with Gasteiger partial charge in [0.2, 0.25) is 10.0 Å². The second kappa shape index (κ2) is 3.55. The SMILES string of the molecule is NCC1(NS(=O)(=O)c2cccnc2)CC1. The third-order valence-corrected chi connectivity index (χ3v) is 4.10. The van der Waals surface area contributed by atoms with Gasteiger partial charge in [-0.1, -0.05) is 0 Å². The van der Waals surface area contributed by atoms with Crippen LogP contribution >= 0.6 is 0 Å². The fourth-order valence-corrected chi connectivity index (χ4v) is 2.78. The summed E-state index contributed by atoms with van der Waals surface area (Å²) in [4.78, 5) is 3.96. The number of nitrogens with one attached hydrogen (secondary N) is 1. The van der Waals surface area contributed by atoms with Gasteiger partial charge in [0.05, 0.1) is 0 Å². The fraction of sp³-hybridized carbons (Fsp3) is 0.444. The summed E-state index contributed by atoms with van der Waals surface area (Å²) in [6, 6.07) is 3.11. The van der Waals surface area contributed by atoms with Crippen molar-refractivity contribution in [2.24, 2.45) is 5.73 Å². The normalized spacial score (nSPS) is 18.7. The monoisotopic (exact) mass is 227 g/mol. The van der Waals surface area contributed by atoms with Crippen LogP contribution in [-0.4, -0.2) is 25.5 Å². The Morgan fingerprint density at radius 1 is 1.53 bits per heavy atom. The predicted octanol–water partition coefficient (Wildman–Crippen LogP) is -0.149. The average Bonchev–Trinajstić information content (AvgIpc) is 2.99. The molecular weight excluding hydrogens is 214 g/mol. The first-order valence-electron chi connectivity index (χ1n) is 4.72. The van der Waals surface area contributed by atoms with Crippen LogP contribution in [0, 0.1) is 0 Å². The molecule has 1 saturated carbocycles. The third-order valence-electron chi connectivity index (χ3n) is 2.54. The molecule has 0 atom stereocenters. The van der Waals surface area contributed by atoms with Gasteiger partial charge >= 0.3 is 0 Å². The maximum atomic E-state index is 11.8. The van der Waals surface area contributed by atoms with Gasteiger partial charge in [0, 0.05) is 24.5 Å². The van der Waals surface area contributed by atoms with Gasteiger partial charge < -0.3 is 5.73 Å². The summed E-state index contributed by atoms with van der Waals surface area (Å²) in [5, 5.41) is 0. The highest BCUT2D eigenvalue weighted by Gasteiger charge is 2.44. The summed E-state index contributed by atoms with van der Waals surface area (Å²) in [5.74, 6) is 0. The van der Waals surface area contributed by atoms with Gasteiger partial charge in [-0.05, 0) is 25.0 Å². The molecule has 0 spiro atoms. The summed E-state index contributed by atoms with van der Waals surface area (Å²) < 4.78 is 26.3. The van der Waals surface area contributed by atoms with Crippen molar-refractivity contribution in [3.63, 3.8) is 0 Å². The first-order chi connectivity index (χ1) is 7.08. The highest BCUT2D eigenvalue weighted by molar-refractivity contribution is 7.89. The summed E-state index contributed by atoms with van der Waals surface area (Å²) in [6.45, 7) is 0.340. The van der Waals surface area contributed by atoms with Gasteiger partial charge in [-0.2, -0.15) is 0 Å². The highest BCUT2D eigenvalue weighted by atomic mass is 32.2. The molecule has 0 radical (unpaired) electrons. The smallest absolute Gasteiger partial charge is 0.242 e. The average molecular weight is 227 g/mol. The molecule has 6 heteroatoms. The fourth-order valence-electron chi connectivity index (χ4n) is 1.35. The van der Waals surface area contributed by atoms with Crippen molar-refractivity contribution in [1.82, 2.24) is 9.71 Å². The van der Waals surface area contributed by atoms with Gasteiger partial charge in [0.25, 0.3) is 0 Å². The Labute approximate surface area is 88.8 Å². The number of nitrogens with zero attached hydrogens (tertiary/aromatic N) is 1. The minimum absolute atomic E-state index is 0.185. The lowest BCUT2D eigenvalue weighted by Gasteiger charge is -2.14. The van der Waals surface area contributed by atoms with E-state index >= 15 is 0 Å². The van der Waals surface area contributed by atoms with Crippen LogP contribution in [0.3, 0.4) is 0 Å². The second-order valence-electron chi connectivity index (χ2n) is 3.78. The molecule has 0 aromatic carbocycles. The largest absolute Gasteiger partial charge is 0.329 e. The zero-order valence-electron chi connectivity index (χ0n) is 8.18. The van der Waals surface area contributed by atoms with Gasteiger partial charge in [-0.25, -0.2) is 13.1 Å². The molecule has 1 aromatic heterocycles. The van der Waals surface area contributed by atoms with E-state index in [1.807, 2.05) is 0 Å². The zero-order chi connectivity index (χ0) is 10.9. The number of sulfonamides is 1. The molecule has 0 bridgehead atoms. The highest BCUT2D eigenvalue weighted by Crippen LogP contribution is 2.35. The number of hydrogen-bond donors (Lipinski definition) is 2. The van der Waals surface area contributed by atoms with E-state index < -0.39 is 15.6 Å². The Morgan fingerprint density at radius 2 is 2.27 bits per heavy atom. The first-order valence-corrected chi connectivity index (χ1v) is 6.20. The van der Waals surface area contributed by atoms with Crippen molar-refractivity contribution in [1.29, 1.82) is 0 Å². The Bertz CT molecular complexity index is 440. The zero-order valence-corrected chi connectivity index (χ0v) is 9.00. The molecule has 1 fully saturated rings. The standard InChI is InChI=1S/C9H13N3O2S/c10-7-9(3-4-9)12-15(13,14)8-2-1-5-11-6-8/h1-2,5-6,12H,3-4,7,10H2. The molecule has 1 aromatic rings. The molecule has 3 N–H and O–H groups in total. The Balaban J connectivity index is 2.22. The van der Waals surface area contributed by atoms with E-state index in [0.29, 0.717) is 6.54 Å². The molecule has 0 saturated heterocycles. The van der Waals surface area contributed by atoms with E-state index in [1.165, 1.54) is 18.5 Å². The molecule has 5 nitrogen and oxygen atoms in total. The molecule has 1 heterocycles. The summed E-state index contributed by atoms with van der Waals surface area (Å²) in [7, 11) is -3.46. The van der Waals surface area contributed by atoms with Gasteiger partial charge in [0.1, 0.15) is 4.90 Å². The van der Waals surface area contributed by atoms with Crippen molar-refractivity contribution >= 4 is 10.0 Å². The maximum Gasteiger partial charge on any atom is 0.242 e. The molecular formula is C9H13N3O2S. The van der Waals surface area contributed by atoms with Crippen LogP contribution < -0.4 is 10.5 Å². The van der Waals surface area contributed by atoms with Crippen LogP contribution in [0.25, 0.3) is 0 Å². The van der Waals surface area contributed by atoms with Crippen molar-refractivity contribution in [2.75, 3.05) is 6.54 Å².